The van der Waals surface area contributed by atoms with Crippen LogP contribution >= 0.6 is 0 Å². The van der Waals surface area contributed by atoms with E-state index in [1.807, 2.05) is 0 Å². The molecule has 0 aliphatic carbocycles. The minimum absolute atomic E-state index is 0.0266. The SMILES string of the molecule is CC[C@@]1(c2ccc(F)cc2)NC(=O)N(CC(=O)c2ccc(C)c([N+](=O)[O-])c2)C1=O. The third kappa shape index (κ3) is 3.46. The number of amides is 3. The van der Waals surface area contributed by atoms with Crippen molar-refractivity contribution >= 4 is 23.4 Å². The Morgan fingerprint density at radius 1 is 1.21 bits per heavy atom. The van der Waals surface area contributed by atoms with Crippen LogP contribution in [0.15, 0.2) is 42.5 Å². The lowest BCUT2D eigenvalue weighted by Gasteiger charge is -2.25. The van der Waals surface area contributed by atoms with Crippen molar-refractivity contribution in [3.8, 4) is 0 Å². The molecule has 0 saturated carbocycles. The Morgan fingerprint density at radius 3 is 2.45 bits per heavy atom. The molecule has 0 aromatic heterocycles. The van der Waals surface area contributed by atoms with E-state index in [-0.39, 0.29) is 17.7 Å². The smallest absolute Gasteiger partial charge is 0.319 e. The van der Waals surface area contributed by atoms with Gasteiger partial charge in [-0.15, -0.1) is 0 Å². The standard InChI is InChI=1S/C20H18FN3O5/c1-3-20(14-6-8-15(21)9-7-14)18(26)23(19(27)22-20)11-17(25)13-5-4-12(2)16(10-13)24(28)29/h4-10H,3,11H2,1-2H3,(H,22,27)/t20-/m0/s1. The molecule has 8 nitrogen and oxygen atoms in total. The Balaban J connectivity index is 1.88. The number of nitrogens with zero attached hydrogens (tertiary/aromatic N) is 2. The third-order valence-corrected chi connectivity index (χ3v) is 5.07. The van der Waals surface area contributed by atoms with Crippen LogP contribution in [-0.4, -0.2) is 34.1 Å². The molecule has 150 valence electrons. The van der Waals surface area contributed by atoms with Gasteiger partial charge in [0.05, 0.1) is 11.5 Å². The van der Waals surface area contributed by atoms with Crippen LogP contribution in [-0.2, 0) is 10.3 Å². The van der Waals surface area contributed by atoms with Crippen molar-refractivity contribution in [2.45, 2.75) is 25.8 Å². The van der Waals surface area contributed by atoms with Crippen LogP contribution in [0.4, 0.5) is 14.9 Å². The molecule has 0 unspecified atom stereocenters. The molecule has 1 saturated heterocycles. The Labute approximate surface area is 165 Å². The highest BCUT2D eigenvalue weighted by Gasteiger charge is 2.51. The predicted octanol–water partition coefficient (Wildman–Crippen LogP) is 3.08. The fourth-order valence-electron chi connectivity index (χ4n) is 3.36. The molecule has 1 heterocycles. The Hall–Kier alpha value is -3.62. The van der Waals surface area contributed by atoms with Crippen LogP contribution < -0.4 is 5.32 Å². The molecule has 3 amide bonds. The molecule has 1 fully saturated rings. The molecule has 0 bridgehead atoms. The van der Waals surface area contributed by atoms with Gasteiger partial charge in [0.15, 0.2) is 5.78 Å². The molecule has 1 atom stereocenters. The summed E-state index contributed by atoms with van der Waals surface area (Å²) in [6.45, 7) is 2.67. The summed E-state index contributed by atoms with van der Waals surface area (Å²) < 4.78 is 13.3. The van der Waals surface area contributed by atoms with Crippen LogP contribution in [0.1, 0.15) is 34.8 Å². The molecule has 1 aliphatic heterocycles. The summed E-state index contributed by atoms with van der Waals surface area (Å²) in [5.74, 6) is -1.72. The molecule has 0 radical (unpaired) electrons. The first-order valence-electron chi connectivity index (χ1n) is 8.88. The minimum Gasteiger partial charge on any atom is -0.319 e. The average Bonchev–Trinajstić information content (AvgIpc) is 2.93. The molecular weight excluding hydrogens is 381 g/mol. The number of aryl methyl sites for hydroxylation is 1. The van der Waals surface area contributed by atoms with Crippen LogP contribution in [0.2, 0.25) is 0 Å². The lowest BCUT2D eigenvalue weighted by molar-refractivity contribution is -0.385. The number of benzene rings is 2. The van der Waals surface area contributed by atoms with Gasteiger partial charge in [-0.3, -0.25) is 24.6 Å². The Bertz CT molecular complexity index is 1020. The number of carbonyl (C=O) groups excluding carboxylic acids is 3. The quantitative estimate of drug-likeness (QED) is 0.347. The molecule has 9 heteroatoms. The topological polar surface area (TPSA) is 110 Å². The highest BCUT2D eigenvalue weighted by Crippen LogP contribution is 2.32. The number of nitro groups is 1. The van der Waals surface area contributed by atoms with Crippen molar-refractivity contribution in [2.24, 2.45) is 0 Å². The van der Waals surface area contributed by atoms with Crippen molar-refractivity contribution in [1.29, 1.82) is 0 Å². The van der Waals surface area contributed by atoms with E-state index in [9.17, 15) is 28.9 Å². The fraction of sp³-hybridized carbons (Fsp3) is 0.250. The second kappa shape index (κ2) is 7.42. The molecular formula is C20H18FN3O5. The van der Waals surface area contributed by atoms with Crippen molar-refractivity contribution < 1.29 is 23.7 Å². The zero-order valence-electron chi connectivity index (χ0n) is 15.8. The monoisotopic (exact) mass is 399 g/mol. The zero-order valence-corrected chi connectivity index (χ0v) is 15.8. The normalized spacial score (nSPS) is 18.7. The number of imide groups is 1. The first-order chi connectivity index (χ1) is 13.7. The van der Waals surface area contributed by atoms with Gasteiger partial charge in [0.1, 0.15) is 11.4 Å². The first kappa shape index (κ1) is 20.1. The van der Waals surface area contributed by atoms with Gasteiger partial charge in [0.25, 0.3) is 11.6 Å². The van der Waals surface area contributed by atoms with E-state index >= 15 is 0 Å². The Morgan fingerprint density at radius 2 is 1.86 bits per heavy atom. The van der Waals surface area contributed by atoms with Crippen molar-refractivity contribution in [1.82, 2.24) is 10.2 Å². The summed E-state index contributed by atoms with van der Waals surface area (Å²) in [4.78, 5) is 49.4. The number of hydrogen-bond acceptors (Lipinski definition) is 5. The number of carbonyl (C=O) groups is 3. The maximum Gasteiger partial charge on any atom is 0.325 e. The van der Waals surface area contributed by atoms with Crippen molar-refractivity contribution in [3.05, 3.63) is 75.1 Å². The maximum absolute atomic E-state index is 13.3. The zero-order chi connectivity index (χ0) is 21.3. The number of rotatable bonds is 6. The number of nitrogens with one attached hydrogen (secondary N) is 1. The van der Waals surface area contributed by atoms with Crippen LogP contribution in [0.3, 0.4) is 0 Å². The van der Waals surface area contributed by atoms with Crippen LogP contribution in [0, 0.1) is 22.9 Å². The molecule has 0 spiro atoms. The van der Waals surface area contributed by atoms with E-state index in [2.05, 4.69) is 5.32 Å². The molecule has 29 heavy (non-hydrogen) atoms. The summed E-state index contributed by atoms with van der Waals surface area (Å²) in [6.07, 6.45) is 0.198. The summed E-state index contributed by atoms with van der Waals surface area (Å²) in [5, 5.41) is 13.7. The van der Waals surface area contributed by atoms with Crippen molar-refractivity contribution in [2.75, 3.05) is 6.54 Å². The highest BCUT2D eigenvalue weighted by molar-refractivity contribution is 6.11. The van der Waals surface area contributed by atoms with E-state index in [4.69, 9.17) is 0 Å². The number of hydrogen-bond donors (Lipinski definition) is 1. The number of urea groups is 1. The average molecular weight is 399 g/mol. The summed E-state index contributed by atoms with van der Waals surface area (Å²) in [7, 11) is 0. The second-order valence-corrected chi connectivity index (χ2v) is 6.77. The van der Waals surface area contributed by atoms with Gasteiger partial charge < -0.3 is 5.32 Å². The molecule has 2 aromatic carbocycles. The van der Waals surface area contributed by atoms with E-state index in [0.29, 0.717) is 11.1 Å². The van der Waals surface area contributed by atoms with Gasteiger partial charge in [-0.2, -0.15) is 0 Å². The van der Waals surface area contributed by atoms with E-state index < -0.39 is 40.5 Å². The summed E-state index contributed by atoms with van der Waals surface area (Å²) in [5.41, 5.74) is -0.797. The first-order valence-corrected chi connectivity index (χ1v) is 8.88. The predicted molar refractivity (Wildman–Crippen MR) is 101 cm³/mol. The third-order valence-electron chi connectivity index (χ3n) is 5.07. The summed E-state index contributed by atoms with van der Waals surface area (Å²) >= 11 is 0. The minimum atomic E-state index is -1.40. The lowest BCUT2D eigenvalue weighted by atomic mass is 9.87. The van der Waals surface area contributed by atoms with Gasteiger partial charge in [0.2, 0.25) is 0 Å². The highest BCUT2D eigenvalue weighted by atomic mass is 19.1. The van der Waals surface area contributed by atoms with Gasteiger partial charge in [-0.05, 0) is 31.0 Å². The largest absolute Gasteiger partial charge is 0.325 e. The molecule has 3 rings (SSSR count). The maximum atomic E-state index is 13.3. The molecule has 1 N–H and O–H groups in total. The number of halogens is 1. The van der Waals surface area contributed by atoms with E-state index in [0.717, 1.165) is 11.0 Å². The van der Waals surface area contributed by atoms with E-state index in [1.54, 1.807) is 13.8 Å². The van der Waals surface area contributed by atoms with Crippen LogP contribution in [0.5, 0.6) is 0 Å². The number of ketones is 1. The number of Topliss-reactive ketones (excluding diaryl/α,β-unsaturated/α-hetero) is 1. The van der Waals surface area contributed by atoms with Gasteiger partial charge in [-0.1, -0.05) is 31.2 Å². The Kier molecular flexibility index (Phi) is 5.15. The number of nitro benzene ring substituents is 1. The van der Waals surface area contributed by atoms with Crippen LogP contribution in [0.25, 0.3) is 0 Å². The summed E-state index contributed by atoms with van der Waals surface area (Å²) in [6, 6.07) is 8.41. The van der Waals surface area contributed by atoms with Gasteiger partial charge in [-0.25, -0.2) is 9.18 Å². The van der Waals surface area contributed by atoms with Gasteiger partial charge in [0, 0.05) is 17.2 Å². The molecule has 1 aliphatic rings. The lowest BCUT2D eigenvalue weighted by Crippen LogP contribution is -2.43. The van der Waals surface area contributed by atoms with Crippen molar-refractivity contribution in [3.63, 3.8) is 0 Å². The van der Waals surface area contributed by atoms with Gasteiger partial charge >= 0.3 is 6.03 Å². The molecule has 2 aromatic rings. The second-order valence-electron chi connectivity index (χ2n) is 6.77. The fourth-order valence-corrected chi connectivity index (χ4v) is 3.36. The van der Waals surface area contributed by atoms with E-state index in [1.165, 1.54) is 36.4 Å².